The van der Waals surface area contributed by atoms with Crippen LogP contribution in [0.2, 0.25) is 0 Å². The topological polar surface area (TPSA) is 84.2 Å². The van der Waals surface area contributed by atoms with E-state index in [9.17, 15) is 9.59 Å². The van der Waals surface area contributed by atoms with Crippen LogP contribution in [0, 0.1) is 5.41 Å². The molecule has 1 atom stereocenters. The number of hydrogen-bond donors (Lipinski definition) is 3. The van der Waals surface area contributed by atoms with Gasteiger partial charge in [0, 0.05) is 17.8 Å². The number of carbonyl (C=O) groups excluding carboxylic acids is 2. The molecule has 21 heavy (non-hydrogen) atoms. The molecule has 0 aliphatic heterocycles. The van der Waals surface area contributed by atoms with E-state index in [2.05, 4.69) is 10.6 Å². The molecule has 0 fully saturated rings. The Bertz CT molecular complexity index is 506. The van der Waals surface area contributed by atoms with Crippen molar-refractivity contribution in [2.45, 2.75) is 40.2 Å². The van der Waals surface area contributed by atoms with Crippen molar-refractivity contribution in [3.63, 3.8) is 0 Å². The van der Waals surface area contributed by atoms with Gasteiger partial charge >= 0.3 is 0 Å². The van der Waals surface area contributed by atoms with Crippen molar-refractivity contribution < 1.29 is 9.59 Å². The molecule has 2 amide bonds. The number of amides is 2. The number of hydrogen-bond acceptors (Lipinski definition) is 3. The lowest BCUT2D eigenvalue weighted by Gasteiger charge is -2.25. The minimum Gasteiger partial charge on any atom is -0.352 e. The van der Waals surface area contributed by atoms with Gasteiger partial charge in [-0.05, 0) is 30.0 Å². The SMILES string of the molecule is CCCNC(=O)c1cccc(NC(=O)[C@H](N)C(C)(C)C)c1. The summed E-state index contributed by atoms with van der Waals surface area (Å²) in [5.41, 5.74) is 6.69. The van der Waals surface area contributed by atoms with Gasteiger partial charge in [-0.1, -0.05) is 33.8 Å². The molecule has 5 nitrogen and oxygen atoms in total. The maximum Gasteiger partial charge on any atom is 0.251 e. The summed E-state index contributed by atoms with van der Waals surface area (Å²) in [5, 5.41) is 5.56. The fourth-order valence-electron chi connectivity index (χ4n) is 1.69. The summed E-state index contributed by atoms with van der Waals surface area (Å²) in [6.07, 6.45) is 0.878. The predicted octanol–water partition coefficient (Wildman–Crippen LogP) is 2.14. The summed E-state index contributed by atoms with van der Waals surface area (Å²) in [5.74, 6) is -0.401. The minimum absolute atomic E-state index is 0.145. The number of carbonyl (C=O) groups is 2. The van der Waals surface area contributed by atoms with Crippen LogP contribution in [-0.2, 0) is 4.79 Å². The average Bonchev–Trinajstić information content (AvgIpc) is 2.43. The standard InChI is InChI=1S/C16H25N3O2/c1-5-9-18-14(20)11-7-6-8-12(10-11)19-15(21)13(17)16(2,3)4/h6-8,10,13H,5,9,17H2,1-4H3,(H,18,20)(H,19,21)/t13-/m0/s1. The van der Waals surface area contributed by atoms with E-state index in [-0.39, 0.29) is 17.2 Å². The third kappa shape index (κ3) is 5.19. The van der Waals surface area contributed by atoms with Crippen LogP contribution in [-0.4, -0.2) is 24.4 Å². The van der Waals surface area contributed by atoms with Gasteiger partial charge in [0.05, 0.1) is 6.04 Å². The highest BCUT2D eigenvalue weighted by Crippen LogP contribution is 2.19. The van der Waals surface area contributed by atoms with E-state index in [1.165, 1.54) is 0 Å². The van der Waals surface area contributed by atoms with Gasteiger partial charge in [-0.2, -0.15) is 0 Å². The van der Waals surface area contributed by atoms with Gasteiger partial charge in [0.2, 0.25) is 5.91 Å². The van der Waals surface area contributed by atoms with Crippen LogP contribution in [0.1, 0.15) is 44.5 Å². The molecule has 1 rings (SSSR count). The summed E-state index contributed by atoms with van der Waals surface area (Å²) < 4.78 is 0. The molecule has 0 bridgehead atoms. The molecule has 5 heteroatoms. The van der Waals surface area contributed by atoms with Crippen molar-refractivity contribution in [1.29, 1.82) is 0 Å². The van der Waals surface area contributed by atoms with Gasteiger partial charge in [0.1, 0.15) is 0 Å². The quantitative estimate of drug-likeness (QED) is 0.777. The molecule has 0 unspecified atom stereocenters. The Balaban J connectivity index is 2.77. The van der Waals surface area contributed by atoms with Crippen molar-refractivity contribution in [2.24, 2.45) is 11.1 Å². The Morgan fingerprint density at radius 3 is 2.52 bits per heavy atom. The molecule has 0 radical (unpaired) electrons. The third-order valence-electron chi connectivity index (χ3n) is 3.14. The molecule has 0 aromatic heterocycles. The zero-order chi connectivity index (χ0) is 16.0. The largest absolute Gasteiger partial charge is 0.352 e. The third-order valence-corrected chi connectivity index (χ3v) is 3.14. The monoisotopic (exact) mass is 291 g/mol. The van der Waals surface area contributed by atoms with Gasteiger partial charge in [-0.25, -0.2) is 0 Å². The molecule has 1 aromatic carbocycles. The molecule has 0 heterocycles. The maximum absolute atomic E-state index is 12.1. The van der Waals surface area contributed by atoms with E-state index in [1.807, 2.05) is 27.7 Å². The molecule has 4 N–H and O–H groups in total. The Hall–Kier alpha value is -1.88. The van der Waals surface area contributed by atoms with Gasteiger partial charge in [0.15, 0.2) is 0 Å². The van der Waals surface area contributed by atoms with Crippen LogP contribution in [0.15, 0.2) is 24.3 Å². The number of benzene rings is 1. The Kier molecular flexibility index (Phi) is 5.90. The predicted molar refractivity (Wildman–Crippen MR) is 85.1 cm³/mol. The Morgan fingerprint density at radius 2 is 1.95 bits per heavy atom. The Labute approximate surface area is 126 Å². The van der Waals surface area contributed by atoms with Crippen molar-refractivity contribution in [3.05, 3.63) is 29.8 Å². The van der Waals surface area contributed by atoms with Crippen LogP contribution < -0.4 is 16.4 Å². The van der Waals surface area contributed by atoms with E-state index in [1.54, 1.807) is 24.3 Å². The van der Waals surface area contributed by atoms with Crippen molar-refractivity contribution >= 4 is 17.5 Å². The normalized spacial score (nSPS) is 12.6. The summed E-state index contributed by atoms with van der Waals surface area (Å²) in [6.45, 7) is 8.35. The molecule has 0 saturated heterocycles. The van der Waals surface area contributed by atoms with Gasteiger partial charge in [-0.3, -0.25) is 9.59 Å². The highest BCUT2D eigenvalue weighted by atomic mass is 16.2. The lowest BCUT2D eigenvalue weighted by atomic mass is 9.87. The van der Waals surface area contributed by atoms with E-state index < -0.39 is 6.04 Å². The number of nitrogens with two attached hydrogens (primary N) is 1. The van der Waals surface area contributed by atoms with Gasteiger partial charge < -0.3 is 16.4 Å². The van der Waals surface area contributed by atoms with Crippen LogP contribution in [0.5, 0.6) is 0 Å². The maximum atomic E-state index is 12.1. The zero-order valence-corrected chi connectivity index (χ0v) is 13.2. The van der Waals surface area contributed by atoms with Crippen LogP contribution in [0.4, 0.5) is 5.69 Å². The smallest absolute Gasteiger partial charge is 0.251 e. The van der Waals surface area contributed by atoms with Gasteiger partial charge in [-0.15, -0.1) is 0 Å². The van der Waals surface area contributed by atoms with E-state index in [0.29, 0.717) is 17.8 Å². The summed E-state index contributed by atoms with van der Waals surface area (Å²) in [6, 6.07) is 6.22. The minimum atomic E-state index is -0.616. The highest BCUT2D eigenvalue weighted by Gasteiger charge is 2.27. The molecule has 0 aliphatic rings. The first-order valence-corrected chi connectivity index (χ1v) is 7.20. The first-order chi connectivity index (χ1) is 9.75. The molecule has 0 saturated carbocycles. The Morgan fingerprint density at radius 1 is 1.29 bits per heavy atom. The van der Waals surface area contributed by atoms with Crippen LogP contribution in [0.25, 0.3) is 0 Å². The fourth-order valence-corrected chi connectivity index (χ4v) is 1.69. The first-order valence-electron chi connectivity index (χ1n) is 7.20. The summed E-state index contributed by atoms with van der Waals surface area (Å²) >= 11 is 0. The van der Waals surface area contributed by atoms with Crippen LogP contribution >= 0.6 is 0 Å². The first kappa shape index (κ1) is 17.2. The average molecular weight is 291 g/mol. The second kappa shape index (κ2) is 7.22. The lowest BCUT2D eigenvalue weighted by molar-refractivity contribution is -0.119. The van der Waals surface area contributed by atoms with E-state index in [0.717, 1.165) is 6.42 Å². The summed E-state index contributed by atoms with van der Waals surface area (Å²) in [4.78, 5) is 24.0. The molecular weight excluding hydrogens is 266 g/mol. The molecule has 0 aliphatic carbocycles. The van der Waals surface area contributed by atoms with Crippen molar-refractivity contribution in [2.75, 3.05) is 11.9 Å². The number of nitrogens with one attached hydrogen (secondary N) is 2. The second-order valence-corrected chi connectivity index (χ2v) is 6.17. The molecule has 1 aromatic rings. The van der Waals surface area contributed by atoms with E-state index >= 15 is 0 Å². The second-order valence-electron chi connectivity index (χ2n) is 6.17. The van der Waals surface area contributed by atoms with Crippen molar-refractivity contribution in [3.8, 4) is 0 Å². The van der Waals surface area contributed by atoms with E-state index in [4.69, 9.17) is 5.73 Å². The highest BCUT2D eigenvalue weighted by molar-refractivity contribution is 5.98. The summed E-state index contributed by atoms with van der Waals surface area (Å²) in [7, 11) is 0. The molecule has 116 valence electrons. The molecular formula is C16H25N3O2. The van der Waals surface area contributed by atoms with Gasteiger partial charge in [0.25, 0.3) is 5.91 Å². The zero-order valence-electron chi connectivity index (χ0n) is 13.2. The lowest BCUT2D eigenvalue weighted by Crippen LogP contribution is -2.45. The molecule has 0 spiro atoms. The fraction of sp³-hybridized carbons (Fsp3) is 0.500. The number of rotatable bonds is 5. The van der Waals surface area contributed by atoms with Crippen molar-refractivity contribution in [1.82, 2.24) is 5.32 Å². The number of anilines is 1. The van der Waals surface area contributed by atoms with Crippen LogP contribution in [0.3, 0.4) is 0 Å².